The van der Waals surface area contributed by atoms with Crippen molar-refractivity contribution < 1.29 is 9.53 Å². The summed E-state index contributed by atoms with van der Waals surface area (Å²) < 4.78 is 7.24. The average Bonchev–Trinajstić information content (AvgIpc) is 3.24. The van der Waals surface area contributed by atoms with E-state index in [4.69, 9.17) is 4.74 Å². The Hall–Kier alpha value is -2.96. The summed E-state index contributed by atoms with van der Waals surface area (Å²) in [5.41, 5.74) is 2.82. The fraction of sp³-hybridized carbons (Fsp3) is 0.304. The van der Waals surface area contributed by atoms with Gasteiger partial charge in [-0.05, 0) is 11.1 Å². The number of amides is 1. The number of aromatic nitrogens is 2. The van der Waals surface area contributed by atoms with Crippen molar-refractivity contribution >= 4 is 5.91 Å². The van der Waals surface area contributed by atoms with E-state index in [0.717, 1.165) is 44.0 Å². The second kappa shape index (κ2) is 9.49. The predicted octanol–water partition coefficient (Wildman–Crippen LogP) is 2.73. The molecule has 1 saturated heterocycles. The molecule has 1 fully saturated rings. The lowest BCUT2D eigenvalue weighted by Crippen LogP contribution is -2.43. The highest BCUT2D eigenvalue weighted by Gasteiger charge is 2.21. The molecule has 1 aliphatic heterocycles. The summed E-state index contributed by atoms with van der Waals surface area (Å²) in [5, 5.41) is 7.56. The SMILES string of the molecule is O=C(NC(CN1CCOCC1)c1ccccc1)c1cnn(Cc2ccccc2)c1. The van der Waals surface area contributed by atoms with Gasteiger partial charge < -0.3 is 10.1 Å². The van der Waals surface area contributed by atoms with Gasteiger partial charge in [-0.25, -0.2) is 0 Å². The maximum absolute atomic E-state index is 12.9. The van der Waals surface area contributed by atoms with E-state index in [2.05, 4.69) is 39.6 Å². The molecule has 1 amide bonds. The molecule has 0 aliphatic carbocycles. The molecule has 1 aliphatic rings. The maximum Gasteiger partial charge on any atom is 0.254 e. The molecule has 150 valence electrons. The van der Waals surface area contributed by atoms with E-state index in [0.29, 0.717) is 12.1 Å². The van der Waals surface area contributed by atoms with Crippen LogP contribution in [0.5, 0.6) is 0 Å². The van der Waals surface area contributed by atoms with E-state index in [9.17, 15) is 4.79 Å². The lowest BCUT2D eigenvalue weighted by atomic mass is 10.1. The summed E-state index contributed by atoms with van der Waals surface area (Å²) in [6.45, 7) is 4.65. The Balaban J connectivity index is 1.44. The first-order chi connectivity index (χ1) is 14.3. The van der Waals surface area contributed by atoms with Crippen LogP contribution in [-0.2, 0) is 11.3 Å². The fourth-order valence-corrected chi connectivity index (χ4v) is 3.54. The van der Waals surface area contributed by atoms with Crippen LogP contribution < -0.4 is 5.32 Å². The number of benzene rings is 2. The van der Waals surface area contributed by atoms with Crippen LogP contribution in [0.4, 0.5) is 0 Å². The number of nitrogens with one attached hydrogen (secondary N) is 1. The number of hydrogen-bond donors (Lipinski definition) is 1. The van der Waals surface area contributed by atoms with Gasteiger partial charge in [-0.2, -0.15) is 5.10 Å². The van der Waals surface area contributed by atoms with E-state index in [-0.39, 0.29) is 11.9 Å². The number of carbonyl (C=O) groups excluding carboxylic acids is 1. The monoisotopic (exact) mass is 390 g/mol. The van der Waals surface area contributed by atoms with Gasteiger partial charge in [0.2, 0.25) is 0 Å². The van der Waals surface area contributed by atoms with Crippen molar-refractivity contribution in [3.63, 3.8) is 0 Å². The lowest BCUT2D eigenvalue weighted by molar-refractivity contribution is 0.0332. The normalized spacial score (nSPS) is 15.7. The second-order valence-corrected chi connectivity index (χ2v) is 7.26. The molecule has 29 heavy (non-hydrogen) atoms. The van der Waals surface area contributed by atoms with Crippen molar-refractivity contribution in [2.24, 2.45) is 0 Å². The van der Waals surface area contributed by atoms with E-state index in [1.165, 1.54) is 0 Å². The Kier molecular flexibility index (Phi) is 6.34. The maximum atomic E-state index is 12.9. The first-order valence-corrected chi connectivity index (χ1v) is 10.0. The largest absolute Gasteiger partial charge is 0.379 e. The molecule has 1 atom stereocenters. The quantitative estimate of drug-likeness (QED) is 0.674. The molecule has 1 unspecified atom stereocenters. The standard InChI is InChI=1S/C23H26N4O2/c28-23(21-15-24-27(17-21)16-19-7-3-1-4-8-19)25-22(20-9-5-2-6-10-20)18-26-11-13-29-14-12-26/h1-10,15,17,22H,11-14,16,18H2,(H,25,28). The third-order valence-corrected chi connectivity index (χ3v) is 5.13. The van der Waals surface area contributed by atoms with Crippen LogP contribution in [0.25, 0.3) is 0 Å². The molecule has 0 bridgehead atoms. The summed E-state index contributed by atoms with van der Waals surface area (Å²) in [6, 6.07) is 20.1. The van der Waals surface area contributed by atoms with E-state index >= 15 is 0 Å². The van der Waals surface area contributed by atoms with Gasteiger partial charge in [0.15, 0.2) is 0 Å². The van der Waals surface area contributed by atoms with Crippen LogP contribution in [0.15, 0.2) is 73.1 Å². The first-order valence-electron chi connectivity index (χ1n) is 10.0. The zero-order valence-corrected chi connectivity index (χ0v) is 16.4. The molecule has 6 nitrogen and oxygen atoms in total. The van der Waals surface area contributed by atoms with Gasteiger partial charge in [0.05, 0.1) is 37.6 Å². The number of morpholine rings is 1. The average molecular weight is 390 g/mol. The molecule has 4 rings (SSSR count). The topological polar surface area (TPSA) is 59.4 Å². The molecule has 0 radical (unpaired) electrons. The summed E-state index contributed by atoms with van der Waals surface area (Å²) >= 11 is 0. The van der Waals surface area contributed by atoms with Crippen molar-refractivity contribution in [3.8, 4) is 0 Å². The molecular weight excluding hydrogens is 364 g/mol. The third-order valence-electron chi connectivity index (χ3n) is 5.13. The van der Waals surface area contributed by atoms with Gasteiger partial charge in [0, 0.05) is 25.8 Å². The van der Waals surface area contributed by atoms with Crippen molar-refractivity contribution in [2.45, 2.75) is 12.6 Å². The highest BCUT2D eigenvalue weighted by atomic mass is 16.5. The Morgan fingerprint density at radius 2 is 1.72 bits per heavy atom. The summed E-state index contributed by atoms with van der Waals surface area (Å²) in [5.74, 6) is -0.105. The van der Waals surface area contributed by atoms with Gasteiger partial charge >= 0.3 is 0 Å². The minimum Gasteiger partial charge on any atom is -0.379 e. The van der Waals surface area contributed by atoms with Crippen molar-refractivity contribution in [2.75, 3.05) is 32.8 Å². The van der Waals surface area contributed by atoms with Gasteiger partial charge in [-0.1, -0.05) is 60.7 Å². The fourth-order valence-electron chi connectivity index (χ4n) is 3.54. The minimum absolute atomic E-state index is 0.0840. The van der Waals surface area contributed by atoms with Crippen molar-refractivity contribution in [1.29, 1.82) is 0 Å². The number of carbonyl (C=O) groups is 1. The highest BCUT2D eigenvalue weighted by Crippen LogP contribution is 2.16. The third kappa shape index (κ3) is 5.31. The van der Waals surface area contributed by atoms with Crippen LogP contribution in [0.3, 0.4) is 0 Å². The highest BCUT2D eigenvalue weighted by molar-refractivity contribution is 5.94. The summed E-state index contributed by atoms with van der Waals surface area (Å²) in [6.07, 6.45) is 3.44. The van der Waals surface area contributed by atoms with Gasteiger partial charge in [0.25, 0.3) is 5.91 Å². The smallest absolute Gasteiger partial charge is 0.254 e. The number of rotatable bonds is 7. The Bertz CT molecular complexity index is 905. The number of ether oxygens (including phenoxy) is 1. The Morgan fingerprint density at radius 3 is 2.45 bits per heavy atom. The minimum atomic E-state index is -0.105. The van der Waals surface area contributed by atoms with Crippen LogP contribution in [-0.4, -0.2) is 53.4 Å². The van der Waals surface area contributed by atoms with Crippen molar-refractivity contribution in [1.82, 2.24) is 20.0 Å². The Morgan fingerprint density at radius 1 is 1.03 bits per heavy atom. The summed E-state index contributed by atoms with van der Waals surface area (Å²) in [7, 11) is 0. The van der Waals surface area contributed by atoms with Crippen LogP contribution >= 0.6 is 0 Å². The number of hydrogen-bond acceptors (Lipinski definition) is 4. The molecule has 2 heterocycles. The molecule has 1 aromatic heterocycles. The molecular formula is C23H26N4O2. The predicted molar refractivity (Wildman–Crippen MR) is 112 cm³/mol. The Labute approximate surface area is 171 Å². The zero-order chi connectivity index (χ0) is 19.9. The lowest BCUT2D eigenvalue weighted by Gasteiger charge is -2.31. The van der Waals surface area contributed by atoms with Crippen LogP contribution in [0.2, 0.25) is 0 Å². The van der Waals surface area contributed by atoms with Crippen molar-refractivity contribution in [3.05, 3.63) is 89.7 Å². The van der Waals surface area contributed by atoms with Crippen LogP contribution in [0, 0.1) is 0 Å². The van der Waals surface area contributed by atoms with E-state index in [1.54, 1.807) is 17.1 Å². The molecule has 0 spiro atoms. The van der Waals surface area contributed by atoms with Gasteiger partial charge in [-0.15, -0.1) is 0 Å². The van der Waals surface area contributed by atoms with E-state index in [1.807, 2.05) is 36.4 Å². The van der Waals surface area contributed by atoms with E-state index < -0.39 is 0 Å². The number of nitrogens with zero attached hydrogens (tertiary/aromatic N) is 3. The second-order valence-electron chi connectivity index (χ2n) is 7.26. The molecule has 0 saturated carbocycles. The molecule has 3 aromatic rings. The zero-order valence-electron chi connectivity index (χ0n) is 16.4. The molecule has 2 aromatic carbocycles. The molecule has 1 N–H and O–H groups in total. The van der Waals surface area contributed by atoms with Crippen LogP contribution in [0.1, 0.15) is 27.5 Å². The van der Waals surface area contributed by atoms with Gasteiger partial charge in [-0.3, -0.25) is 14.4 Å². The van der Waals surface area contributed by atoms with Gasteiger partial charge in [0.1, 0.15) is 0 Å². The summed E-state index contributed by atoms with van der Waals surface area (Å²) in [4.78, 5) is 15.3. The molecule has 6 heteroatoms. The first kappa shape index (κ1) is 19.4.